The fourth-order valence-corrected chi connectivity index (χ4v) is 3.80. The van der Waals surface area contributed by atoms with Crippen molar-refractivity contribution in [2.24, 2.45) is 0 Å². The second kappa shape index (κ2) is 5.66. The number of benzene rings is 1. The van der Waals surface area contributed by atoms with Crippen LogP contribution in [0, 0.1) is 0 Å². The van der Waals surface area contributed by atoms with Gasteiger partial charge in [-0.15, -0.1) is 0 Å². The number of likely N-dealkylation sites (tertiary alicyclic amines) is 1. The van der Waals surface area contributed by atoms with Gasteiger partial charge in [-0.25, -0.2) is 0 Å². The third kappa shape index (κ3) is 2.74. The monoisotopic (exact) mass is 339 g/mol. The molecule has 0 radical (unpaired) electrons. The lowest BCUT2D eigenvalue weighted by Gasteiger charge is -2.46. The lowest BCUT2D eigenvalue weighted by Crippen LogP contribution is -2.50. The number of hydrogen-bond donors (Lipinski definition) is 1. The maximum Gasteiger partial charge on any atom is 0.126 e. The van der Waals surface area contributed by atoms with Crippen molar-refractivity contribution in [3.05, 3.63) is 28.2 Å². The minimum absolute atomic E-state index is 0.162. The standard InChI is InChI=1S/C16H22BrNO2/c1-2-7-18-8-5-16(6-9-18)11-14(19)13-10-12(17)3-4-15(13)20-16/h3-4,10,14,19H,2,5-9,11H2,1H3/t14-/m1/s1. The molecule has 0 amide bonds. The number of piperidine rings is 1. The summed E-state index contributed by atoms with van der Waals surface area (Å²) in [4.78, 5) is 2.50. The molecular weight excluding hydrogens is 318 g/mol. The van der Waals surface area contributed by atoms with Crippen molar-refractivity contribution in [1.29, 1.82) is 0 Å². The molecule has 0 aromatic heterocycles. The molecule has 110 valence electrons. The van der Waals surface area contributed by atoms with Crippen LogP contribution >= 0.6 is 15.9 Å². The second-order valence-corrected chi connectivity index (χ2v) is 6.94. The van der Waals surface area contributed by atoms with E-state index in [0.29, 0.717) is 0 Å². The first kappa shape index (κ1) is 14.4. The lowest BCUT2D eigenvalue weighted by atomic mass is 9.81. The van der Waals surface area contributed by atoms with Crippen molar-refractivity contribution >= 4 is 15.9 Å². The van der Waals surface area contributed by atoms with Crippen LogP contribution in [0.25, 0.3) is 0 Å². The number of ether oxygens (including phenoxy) is 1. The van der Waals surface area contributed by atoms with E-state index in [2.05, 4.69) is 27.8 Å². The molecule has 1 aromatic rings. The predicted molar refractivity (Wildman–Crippen MR) is 83.0 cm³/mol. The fraction of sp³-hybridized carbons (Fsp3) is 0.625. The highest BCUT2D eigenvalue weighted by Crippen LogP contribution is 2.44. The third-order valence-corrected chi connectivity index (χ3v) is 5.02. The third-order valence-electron chi connectivity index (χ3n) is 4.53. The summed E-state index contributed by atoms with van der Waals surface area (Å²) in [6.07, 6.45) is 3.54. The molecule has 1 spiro atoms. The van der Waals surface area contributed by atoms with Crippen LogP contribution in [0.2, 0.25) is 0 Å². The largest absolute Gasteiger partial charge is 0.487 e. The van der Waals surface area contributed by atoms with Crippen molar-refractivity contribution in [3.8, 4) is 5.75 Å². The summed E-state index contributed by atoms with van der Waals surface area (Å²) < 4.78 is 7.30. The van der Waals surface area contributed by atoms with Gasteiger partial charge in [0.15, 0.2) is 0 Å². The van der Waals surface area contributed by atoms with Crippen molar-refractivity contribution < 1.29 is 9.84 Å². The Kier molecular flexibility index (Phi) is 4.07. The number of aliphatic hydroxyl groups excluding tert-OH is 1. The predicted octanol–water partition coefficient (Wildman–Crippen LogP) is 3.51. The second-order valence-electron chi connectivity index (χ2n) is 6.03. The molecule has 1 fully saturated rings. The first-order valence-electron chi connectivity index (χ1n) is 7.51. The Morgan fingerprint density at radius 2 is 2.15 bits per heavy atom. The fourth-order valence-electron chi connectivity index (χ4n) is 3.42. The van der Waals surface area contributed by atoms with Crippen molar-refractivity contribution in [2.45, 2.75) is 44.3 Å². The van der Waals surface area contributed by atoms with E-state index in [9.17, 15) is 5.11 Å². The number of nitrogens with zero attached hydrogens (tertiary/aromatic N) is 1. The average molecular weight is 340 g/mol. The number of aliphatic hydroxyl groups is 1. The van der Waals surface area contributed by atoms with E-state index >= 15 is 0 Å². The SMILES string of the molecule is CCCN1CCC2(CC1)C[C@@H](O)c1cc(Br)ccc1O2. The summed E-state index contributed by atoms with van der Waals surface area (Å²) in [6, 6.07) is 5.93. The molecule has 2 aliphatic heterocycles. The summed E-state index contributed by atoms with van der Waals surface area (Å²) in [7, 11) is 0. The van der Waals surface area contributed by atoms with E-state index in [1.54, 1.807) is 0 Å². The minimum Gasteiger partial charge on any atom is -0.487 e. The van der Waals surface area contributed by atoms with Gasteiger partial charge in [-0.1, -0.05) is 22.9 Å². The van der Waals surface area contributed by atoms with E-state index < -0.39 is 6.10 Å². The molecular formula is C16H22BrNO2. The van der Waals surface area contributed by atoms with E-state index in [0.717, 1.165) is 48.1 Å². The molecule has 1 saturated heterocycles. The first-order chi connectivity index (χ1) is 9.62. The number of hydrogen-bond acceptors (Lipinski definition) is 3. The van der Waals surface area contributed by atoms with Crippen molar-refractivity contribution in [3.63, 3.8) is 0 Å². The quantitative estimate of drug-likeness (QED) is 0.894. The molecule has 3 nitrogen and oxygen atoms in total. The summed E-state index contributed by atoms with van der Waals surface area (Å²) in [5.74, 6) is 0.857. The highest BCUT2D eigenvalue weighted by atomic mass is 79.9. The smallest absolute Gasteiger partial charge is 0.126 e. The Hall–Kier alpha value is -0.580. The molecule has 0 aliphatic carbocycles. The van der Waals surface area contributed by atoms with Gasteiger partial charge in [0.2, 0.25) is 0 Å². The highest BCUT2D eigenvalue weighted by Gasteiger charge is 2.42. The van der Waals surface area contributed by atoms with Crippen LogP contribution < -0.4 is 4.74 Å². The first-order valence-corrected chi connectivity index (χ1v) is 8.30. The summed E-state index contributed by atoms with van der Waals surface area (Å²) in [5.41, 5.74) is 0.755. The van der Waals surface area contributed by atoms with Crippen LogP contribution in [0.5, 0.6) is 5.75 Å². The zero-order valence-electron chi connectivity index (χ0n) is 11.9. The van der Waals surface area contributed by atoms with E-state index in [4.69, 9.17) is 4.74 Å². The number of fused-ring (bicyclic) bond motifs is 1. The Labute approximate surface area is 129 Å². The molecule has 0 saturated carbocycles. The minimum atomic E-state index is -0.408. The topological polar surface area (TPSA) is 32.7 Å². The molecule has 20 heavy (non-hydrogen) atoms. The Morgan fingerprint density at radius 3 is 2.85 bits per heavy atom. The molecule has 1 atom stereocenters. The van der Waals surface area contributed by atoms with Gasteiger partial charge in [-0.2, -0.15) is 0 Å². The molecule has 3 rings (SSSR count). The van der Waals surface area contributed by atoms with Gasteiger partial charge in [0, 0.05) is 29.5 Å². The van der Waals surface area contributed by atoms with Gasteiger partial charge in [0.25, 0.3) is 0 Å². The highest BCUT2D eigenvalue weighted by molar-refractivity contribution is 9.10. The van der Waals surface area contributed by atoms with Crippen LogP contribution in [0.3, 0.4) is 0 Å². The maximum atomic E-state index is 10.5. The van der Waals surface area contributed by atoms with E-state index in [1.165, 1.54) is 13.0 Å². The van der Waals surface area contributed by atoms with E-state index in [1.807, 2.05) is 18.2 Å². The Bertz CT molecular complexity index is 483. The van der Waals surface area contributed by atoms with Gasteiger partial charge < -0.3 is 14.7 Å². The molecule has 1 aromatic carbocycles. The molecule has 1 N–H and O–H groups in total. The summed E-state index contributed by atoms with van der Waals surface area (Å²) in [5, 5.41) is 10.5. The normalized spacial score (nSPS) is 25.2. The van der Waals surface area contributed by atoms with Crippen LogP contribution in [-0.4, -0.2) is 35.2 Å². The van der Waals surface area contributed by atoms with E-state index in [-0.39, 0.29) is 5.60 Å². The molecule has 0 unspecified atom stereocenters. The van der Waals surface area contributed by atoms with Crippen LogP contribution in [-0.2, 0) is 0 Å². The summed E-state index contributed by atoms with van der Waals surface area (Å²) in [6.45, 7) is 5.54. The number of rotatable bonds is 2. The van der Waals surface area contributed by atoms with Crippen LogP contribution in [0.4, 0.5) is 0 Å². The zero-order chi connectivity index (χ0) is 14.2. The molecule has 0 bridgehead atoms. The molecule has 2 heterocycles. The van der Waals surface area contributed by atoms with Gasteiger partial charge in [-0.3, -0.25) is 0 Å². The summed E-state index contributed by atoms with van der Waals surface area (Å²) >= 11 is 3.46. The zero-order valence-corrected chi connectivity index (χ0v) is 13.5. The van der Waals surface area contributed by atoms with Crippen LogP contribution in [0.15, 0.2) is 22.7 Å². The van der Waals surface area contributed by atoms with Crippen LogP contribution in [0.1, 0.15) is 44.3 Å². The Morgan fingerprint density at radius 1 is 1.40 bits per heavy atom. The maximum absolute atomic E-state index is 10.5. The Balaban J connectivity index is 1.76. The lowest BCUT2D eigenvalue weighted by molar-refractivity contribution is -0.0538. The molecule has 2 aliphatic rings. The number of halogens is 1. The van der Waals surface area contributed by atoms with Gasteiger partial charge in [0.05, 0.1) is 6.10 Å². The van der Waals surface area contributed by atoms with Crippen molar-refractivity contribution in [2.75, 3.05) is 19.6 Å². The van der Waals surface area contributed by atoms with Gasteiger partial charge >= 0.3 is 0 Å². The van der Waals surface area contributed by atoms with Crippen molar-refractivity contribution in [1.82, 2.24) is 4.90 Å². The molecule has 4 heteroatoms. The van der Waals surface area contributed by atoms with Gasteiger partial charge in [0.1, 0.15) is 11.4 Å². The average Bonchev–Trinajstić information content (AvgIpc) is 2.43. The van der Waals surface area contributed by atoms with Gasteiger partial charge in [-0.05, 0) is 44.0 Å².